The first kappa shape index (κ1) is 7.90. The van der Waals surface area contributed by atoms with Crippen LogP contribution in [0.4, 0.5) is 0 Å². The zero-order valence-corrected chi connectivity index (χ0v) is 7.79. The first-order valence-electron chi connectivity index (χ1n) is 4.80. The van der Waals surface area contributed by atoms with Crippen molar-refractivity contribution in [1.29, 1.82) is 0 Å². The maximum absolute atomic E-state index is 5.41. The van der Waals surface area contributed by atoms with E-state index in [9.17, 15) is 0 Å². The summed E-state index contributed by atoms with van der Waals surface area (Å²) in [5, 5.41) is 0. The molecule has 0 aliphatic heterocycles. The summed E-state index contributed by atoms with van der Waals surface area (Å²) in [6, 6.07) is 4.10. The van der Waals surface area contributed by atoms with Crippen LogP contribution in [0.3, 0.4) is 0 Å². The summed E-state index contributed by atoms with van der Waals surface area (Å²) in [5.41, 5.74) is 0. The van der Waals surface area contributed by atoms with E-state index in [1.807, 2.05) is 6.07 Å². The molecule has 2 unspecified atom stereocenters. The van der Waals surface area contributed by atoms with Crippen molar-refractivity contribution in [2.45, 2.75) is 32.6 Å². The molecule has 1 heteroatoms. The molecule has 1 aromatic heterocycles. The zero-order chi connectivity index (χ0) is 8.55. The summed E-state index contributed by atoms with van der Waals surface area (Å²) < 4.78 is 5.41. The van der Waals surface area contributed by atoms with Gasteiger partial charge in [0.05, 0.1) is 6.26 Å². The predicted octanol–water partition coefficient (Wildman–Crippen LogP) is 3.43. The summed E-state index contributed by atoms with van der Waals surface area (Å²) in [6.07, 6.45) is 4.38. The minimum absolute atomic E-state index is 0.685. The molecule has 2 atom stereocenters. The minimum atomic E-state index is 0.685. The highest BCUT2D eigenvalue weighted by atomic mass is 16.3. The van der Waals surface area contributed by atoms with Crippen molar-refractivity contribution in [2.75, 3.05) is 0 Å². The molecule has 0 saturated heterocycles. The van der Waals surface area contributed by atoms with E-state index in [4.69, 9.17) is 4.42 Å². The Morgan fingerprint density at radius 3 is 2.42 bits per heavy atom. The molecule has 1 aliphatic carbocycles. The summed E-state index contributed by atoms with van der Waals surface area (Å²) in [4.78, 5) is 0. The van der Waals surface area contributed by atoms with Gasteiger partial charge in [-0.2, -0.15) is 0 Å². The van der Waals surface area contributed by atoms with Gasteiger partial charge in [0.15, 0.2) is 0 Å². The lowest BCUT2D eigenvalue weighted by atomic mass is 10.0. The van der Waals surface area contributed by atoms with Crippen LogP contribution in [-0.4, -0.2) is 0 Å². The topological polar surface area (TPSA) is 13.1 Å². The molecule has 1 heterocycles. The SMILES string of the molecule is CC1CC(c2ccco2)CC1C. The van der Waals surface area contributed by atoms with Gasteiger partial charge in [-0.1, -0.05) is 13.8 Å². The number of furan rings is 1. The Labute approximate surface area is 73.8 Å². The maximum atomic E-state index is 5.41. The summed E-state index contributed by atoms with van der Waals surface area (Å²) in [6.45, 7) is 4.68. The average Bonchev–Trinajstić information content (AvgIpc) is 2.61. The Balaban J connectivity index is 2.09. The van der Waals surface area contributed by atoms with Gasteiger partial charge in [-0.3, -0.25) is 0 Å². The predicted molar refractivity (Wildman–Crippen MR) is 49.0 cm³/mol. The van der Waals surface area contributed by atoms with E-state index in [2.05, 4.69) is 19.9 Å². The Bertz CT molecular complexity index is 228. The molecule has 2 rings (SSSR count). The fourth-order valence-electron chi connectivity index (χ4n) is 2.21. The molecule has 0 aromatic carbocycles. The van der Waals surface area contributed by atoms with Crippen molar-refractivity contribution >= 4 is 0 Å². The molecule has 0 radical (unpaired) electrons. The first-order valence-corrected chi connectivity index (χ1v) is 4.80. The molecule has 1 fully saturated rings. The molecule has 1 saturated carbocycles. The molecule has 1 aliphatic rings. The molecule has 0 bridgehead atoms. The number of hydrogen-bond donors (Lipinski definition) is 0. The number of hydrogen-bond acceptors (Lipinski definition) is 1. The number of rotatable bonds is 1. The summed E-state index contributed by atoms with van der Waals surface area (Å²) >= 11 is 0. The quantitative estimate of drug-likeness (QED) is 0.619. The van der Waals surface area contributed by atoms with Crippen LogP contribution >= 0.6 is 0 Å². The van der Waals surface area contributed by atoms with Gasteiger partial charge in [-0.25, -0.2) is 0 Å². The third kappa shape index (κ3) is 1.28. The normalized spacial score (nSPS) is 35.7. The van der Waals surface area contributed by atoms with Crippen LogP contribution in [0.5, 0.6) is 0 Å². The Morgan fingerprint density at radius 1 is 1.25 bits per heavy atom. The van der Waals surface area contributed by atoms with Crippen molar-refractivity contribution < 1.29 is 4.42 Å². The third-order valence-corrected chi connectivity index (χ3v) is 3.23. The van der Waals surface area contributed by atoms with Gasteiger partial charge in [0, 0.05) is 5.92 Å². The van der Waals surface area contributed by atoms with Gasteiger partial charge in [-0.15, -0.1) is 0 Å². The Morgan fingerprint density at radius 2 is 1.92 bits per heavy atom. The highest BCUT2D eigenvalue weighted by Gasteiger charge is 2.30. The highest BCUT2D eigenvalue weighted by Crippen LogP contribution is 2.41. The fourth-order valence-corrected chi connectivity index (χ4v) is 2.21. The monoisotopic (exact) mass is 164 g/mol. The lowest BCUT2D eigenvalue weighted by Gasteiger charge is -2.04. The molecule has 1 nitrogen and oxygen atoms in total. The average molecular weight is 164 g/mol. The standard InChI is InChI=1S/C11H16O/c1-8-6-10(7-9(8)2)11-4-3-5-12-11/h3-5,8-10H,6-7H2,1-2H3. The molecule has 66 valence electrons. The Hall–Kier alpha value is -0.720. The second kappa shape index (κ2) is 2.96. The third-order valence-electron chi connectivity index (χ3n) is 3.23. The molecular weight excluding hydrogens is 148 g/mol. The lowest BCUT2D eigenvalue weighted by molar-refractivity contribution is 0.457. The maximum Gasteiger partial charge on any atom is 0.106 e. The van der Waals surface area contributed by atoms with Gasteiger partial charge in [0.1, 0.15) is 5.76 Å². The van der Waals surface area contributed by atoms with E-state index in [-0.39, 0.29) is 0 Å². The fraction of sp³-hybridized carbons (Fsp3) is 0.636. The van der Waals surface area contributed by atoms with E-state index in [1.165, 1.54) is 18.6 Å². The molecular formula is C11H16O. The second-order valence-corrected chi connectivity index (χ2v) is 4.14. The molecule has 12 heavy (non-hydrogen) atoms. The minimum Gasteiger partial charge on any atom is -0.469 e. The van der Waals surface area contributed by atoms with Gasteiger partial charge in [0.2, 0.25) is 0 Å². The summed E-state index contributed by atoms with van der Waals surface area (Å²) in [5.74, 6) is 3.59. The van der Waals surface area contributed by atoms with Crippen LogP contribution in [0.2, 0.25) is 0 Å². The van der Waals surface area contributed by atoms with E-state index in [0.29, 0.717) is 5.92 Å². The van der Waals surface area contributed by atoms with Gasteiger partial charge < -0.3 is 4.42 Å². The smallest absolute Gasteiger partial charge is 0.106 e. The van der Waals surface area contributed by atoms with Crippen molar-refractivity contribution in [2.24, 2.45) is 11.8 Å². The van der Waals surface area contributed by atoms with Crippen molar-refractivity contribution in [1.82, 2.24) is 0 Å². The molecule has 0 N–H and O–H groups in total. The Kier molecular flexibility index (Phi) is 1.95. The molecule has 0 spiro atoms. The first-order chi connectivity index (χ1) is 5.77. The largest absolute Gasteiger partial charge is 0.469 e. The van der Waals surface area contributed by atoms with Crippen molar-refractivity contribution in [3.05, 3.63) is 24.2 Å². The lowest BCUT2D eigenvalue weighted by Crippen LogP contribution is -1.95. The van der Waals surface area contributed by atoms with E-state index in [0.717, 1.165) is 11.8 Å². The van der Waals surface area contributed by atoms with E-state index < -0.39 is 0 Å². The highest BCUT2D eigenvalue weighted by molar-refractivity contribution is 5.08. The molecule has 0 amide bonds. The van der Waals surface area contributed by atoms with Gasteiger partial charge >= 0.3 is 0 Å². The van der Waals surface area contributed by atoms with Crippen molar-refractivity contribution in [3.8, 4) is 0 Å². The molecule has 1 aromatic rings. The van der Waals surface area contributed by atoms with Crippen LogP contribution in [-0.2, 0) is 0 Å². The van der Waals surface area contributed by atoms with E-state index in [1.54, 1.807) is 6.26 Å². The van der Waals surface area contributed by atoms with Crippen LogP contribution in [0.1, 0.15) is 38.4 Å². The van der Waals surface area contributed by atoms with Crippen LogP contribution < -0.4 is 0 Å². The second-order valence-electron chi connectivity index (χ2n) is 4.14. The zero-order valence-electron chi connectivity index (χ0n) is 7.79. The van der Waals surface area contributed by atoms with Crippen LogP contribution in [0.25, 0.3) is 0 Å². The van der Waals surface area contributed by atoms with Gasteiger partial charge in [0.25, 0.3) is 0 Å². The van der Waals surface area contributed by atoms with Gasteiger partial charge in [-0.05, 0) is 36.8 Å². The summed E-state index contributed by atoms with van der Waals surface area (Å²) in [7, 11) is 0. The van der Waals surface area contributed by atoms with Crippen LogP contribution in [0.15, 0.2) is 22.8 Å². The van der Waals surface area contributed by atoms with Crippen LogP contribution in [0, 0.1) is 11.8 Å². The van der Waals surface area contributed by atoms with E-state index >= 15 is 0 Å². The van der Waals surface area contributed by atoms with Crippen molar-refractivity contribution in [3.63, 3.8) is 0 Å².